The van der Waals surface area contributed by atoms with Crippen molar-refractivity contribution in [3.8, 4) is 5.75 Å². The van der Waals surface area contributed by atoms with Crippen molar-refractivity contribution in [3.05, 3.63) is 84.3 Å². The summed E-state index contributed by atoms with van der Waals surface area (Å²) < 4.78 is 12.2. The fourth-order valence-electron chi connectivity index (χ4n) is 12.8. The Hall–Kier alpha value is -3.74. The van der Waals surface area contributed by atoms with Crippen molar-refractivity contribution >= 4 is 28.3 Å². The number of hydrogen-bond donors (Lipinski definition) is 4. The average molecular weight is 750 g/mol. The zero-order chi connectivity index (χ0) is 38.9. The molecule has 9 rings (SSSR count). The second-order valence-electron chi connectivity index (χ2n) is 17.2. The number of benzene rings is 2. The average Bonchev–Trinajstić information content (AvgIpc) is 3.84. The molecule has 6 heterocycles. The van der Waals surface area contributed by atoms with Crippen LogP contribution in [-0.4, -0.2) is 125 Å². The summed E-state index contributed by atoms with van der Waals surface area (Å²) in [5.74, 6) is -1.16. The maximum absolute atomic E-state index is 15.2. The van der Waals surface area contributed by atoms with E-state index in [9.17, 15) is 20.1 Å². The van der Waals surface area contributed by atoms with Gasteiger partial charge in [0.2, 0.25) is 0 Å². The van der Waals surface area contributed by atoms with E-state index in [1.807, 2.05) is 68.6 Å². The lowest BCUT2D eigenvalue weighted by molar-refractivity contribution is -0.198. The van der Waals surface area contributed by atoms with Crippen molar-refractivity contribution in [2.45, 2.75) is 86.2 Å². The molecule has 11 heteroatoms. The number of H-pyrrole nitrogens is 1. The minimum absolute atomic E-state index is 0.204. The van der Waals surface area contributed by atoms with Crippen LogP contribution in [0.25, 0.3) is 10.9 Å². The Bertz CT molecular complexity index is 2120. The van der Waals surface area contributed by atoms with Gasteiger partial charge in [-0.15, -0.1) is 0 Å². The number of nitrogens with one attached hydrogen (secondary N) is 1. The molecule has 55 heavy (non-hydrogen) atoms. The first-order chi connectivity index (χ1) is 26.3. The van der Waals surface area contributed by atoms with Gasteiger partial charge in [0.1, 0.15) is 17.3 Å². The highest BCUT2D eigenvalue weighted by atomic mass is 16.5. The molecule has 3 radical (unpaired) electrons. The Morgan fingerprint density at radius 2 is 1.84 bits per heavy atom. The first-order valence-electron chi connectivity index (χ1n) is 19.9. The molecule has 1 spiro atoms. The van der Waals surface area contributed by atoms with Gasteiger partial charge < -0.3 is 34.7 Å². The van der Waals surface area contributed by atoms with Crippen LogP contribution in [0.2, 0.25) is 0 Å². The van der Waals surface area contributed by atoms with E-state index in [1.54, 1.807) is 7.11 Å². The number of Topliss-reactive ketones (excluding diaryl/α,β-unsaturated/α-hetero) is 1. The zero-order valence-electron chi connectivity index (χ0n) is 32.5. The largest absolute Gasteiger partial charge is 0.496 e. The molecule has 1 aromatic heterocycles. The number of aliphatic hydroxyl groups excluding tert-OH is 1. The van der Waals surface area contributed by atoms with E-state index in [0.29, 0.717) is 76.1 Å². The molecule has 0 amide bonds. The maximum atomic E-state index is 15.2. The Morgan fingerprint density at radius 3 is 2.55 bits per heavy atom. The number of ketones is 1. The van der Waals surface area contributed by atoms with Crippen molar-refractivity contribution in [3.63, 3.8) is 0 Å². The molecule has 2 aromatic carbocycles. The van der Waals surface area contributed by atoms with Gasteiger partial charge in [0, 0.05) is 90.9 Å². The van der Waals surface area contributed by atoms with Gasteiger partial charge in [0.25, 0.3) is 0 Å². The minimum atomic E-state index is -2.31. The molecule has 5 unspecified atom stereocenters. The lowest BCUT2D eigenvalue weighted by Gasteiger charge is -2.63. The molecule has 291 valence electrons. The van der Waals surface area contributed by atoms with Crippen LogP contribution in [0, 0.1) is 24.7 Å². The Morgan fingerprint density at radius 1 is 1.05 bits per heavy atom. The summed E-state index contributed by atoms with van der Waals surface area (Å²) in [5.41, 5.74) is -1.71. The van der Waals surface area contributed by atoms with E-state index in [0.717, 1.165) is 33.4 Å². The molecule has 3 fully saturated rings. The van der Waals surface area contributed by atoms with Crippen molar-refractivity contribution in [1.29, 1.82) is 0 Å². The third-order valence-electron chi connectivity index (χ3n) is 15.0. The molecule has 3 aromatic rings. The van der Waals surface area contributed by atoms with Crippen LogP contribution in [0.3, 0.4) is 0 Å². The Labute approximate surface area is 323 Å². The van der Waals surface area contributed by atoms with E-state index in [2.05, 4.69) is 26.9 Å². The van der Waals surface area contributed by atoms with Crippen LogP contribution in [0.5, 0.6) is 5.75 Å². The number of esters is 1. The monoisotopic (exact) mass is 749 g/mol. The number of ether oxygens (including phenoxy) is 2. The molecule has 1 aliphatic carbocycles. The molecule has 1 saturated carbocycles. The number of nitrogens with zero attached hydrogens (tertiary/aromatic N) is 3. The second-order valence-corrected chi connectivity index (χ2v) is 17.2. The summed E-state index contributed by atoms with van der Waals surface area (Å²) in [6, 6.07) is 11.0. The Balaban J connectivity index is 1.36. The number of carbonyl (C=O) groups is 2. The lowest BCUT2D eigenvalue weighted by Crippen LogP contribution is -2.80. The van der Waals surface area contributed by atoms with Gasteiger partial charge in [-0.05, 0) is 74.2 Å². The molecular weight excluding hydrogens is 697 g/mol. The second kappa shape index (κ2) is 12.4. The zero-order valence-corrected chi connectivity index (χ0v) is 32.5. The summed E-state index contributed by atoms with van der Waals surface area (Å²) in [7, 11) is 4.87. The molecule has 2 bridgehead atoms. The predicted octanol–water partition coefficient (Wildman–Crippen LogP) is 3.34. The molecule has 11 nitrogen and oxygen atoms in total. The molecule has 6 aliphatic rings. The van der Waals surface area contributed by atoms with Crippen LogP contribution >= 0.6 is 0 Å². The first-order valence-corrected chi connectivity index (χ1v) is 19.9. The fourth-order valence-corrected chi connectivity index (χ4v) is 12.8. The van der Waals surface area contributed by atoms with Crippen LogP contribution in [0.15, 0.2) is 48.6 Å². The number of fused-ring (bicyclic) bond motifs is 6. The number of rotatable bonds is 6. The molecule has 4 N–H and O–H groups in total. The number of anilines is 1. The van der Waals surface area contributed by atoms with Gasteiger partial charge in [-0.1, -0.05) is 44.2 Å². The van der Waals surface area contributed by atoms with Crippen LogP contribution < -0.4 is 9.64 Å². The Kier molecular flexibility index (Phi) is 8.30. The summed E-state index contributed by atoms with van der Waals surface area (Å²) in [6.07, 6.45) is 7.14. The van der Waals surface area contributed by atoms with Crippen molar-refractivity contribution < 1.29 is 34.4 Å². The van der Waals surface area contributed by atoms with Crippen molar-refractivity contribution in [2.24, 2.45) is 11.3 Å². The third-order valence-corrected chi connectivity index (χ3v) is 15.0. The van der Waals surface area contributed by atoms with E-state index in [1.165, 1.54) is 7.11 Å². The SMILES string of the molecule is [CH]C(=O)[C@]1(O)C2N(C)c3cc(OC)c([C@@]4(C(=O)OC)CC5[CH][C@@](O)(CC)CN(CCc6c4[nH]c4ccccc64)C5)cc3C23CCN2CC=C[C@](CC)(C23)[C@H]1O. The van der Waals surface area contributed by atoms with E-state index in [4.69, 9.17) is 16.4 Å². The van der Waals surface area contributed by atoms with Gasteiger partial charge in [0.05, 0.1) is 25.9 Å². The van der Waals surface area contributed by atoms with Gasteiger partial charge in [0.15, 0.2) is 11.4 Å². The van der Waals surface area contributed by atoms with E-state index < -0.39 is 51.3 Å². The number of para-hydroxylation sites is 1. The number of carbonyl (C=O) groups excluding carboxylic acids is 2. The predicted molar refractivity (Wildman–Crippen MR) is 208 cm³/mol. The highest BCUT2D eigenvalue weighted by Crippen LogP contribution is 2.67. The van der Waals surface area contributed by atoms with Gasteiger partial charge in [-0.2, -0.15) is 0 Å². The molecular formula is C44H53N4O7. The van der Waals surface area contributed by atoms with Crippen LogP contribution in [0.1, 0.15) is 61.9 Å². The number of aliphatic hydroxyl groups is 3. The van der Waals surface area contributed by atoms with Gasteiger partial charge in [-0.3, -0.25) is 19.4 Å². The van der Waals surface area contributed by atoms with E-state index in [-0.39, 0.29) is 12.0 Å². The third kappa shape index (κ3) is 4.56. The van der Waals surface area contributed by atoms with E-state index >= 15 is 4.79 Å². The van der Waals surface area contributed by atoms with Crippen molar-refractivity contribution in [1.82, 2.24) is 14.8 Å². The lowest BCUT2D eigenvalue weighted by atomic mass is 9.47. The number of piperidine rings is 1. The highest BCUT2D eigenvalue weighted by Gasteiger charge is 2.78. The molecule has 5 aliphatic heterocycles. The van der Waals surface area contributed by atoms with Crippen LogP contribution in [0.4, 0.5) is 5.69 Å². The standard InChI is InChI=1S/C44H53N4O7/c1-7-40(52)22-27-23-43(39(51)55-6,35-29(14-18-47(24-27)25-40)28-12-9-10-13-32(28)45-35)31-20-30-33(21-34(31)54-5)46(4)37-42(30)16-19-48-17-11-15-41(8-2,36(42)48)38(50)44(37,53)26(3)49/h3,9-13,15,20-22,27,36-38,45,50,52-53H,7-8,14,16-19,23-25H2,1-2,4-6H3/t27?,36?,37?,38-,40+,41-,42?,43+,44+/m1/s1. The fraction of sp³-hybridized carbons (Fsp3) is 0.545. The smallest absolute Gasteiger partial charge is 0.322 e. The minimum Gasteiger partial charge on any atom is -0.496 e. The summed E-state index contributed by atoms with van der Waals surface area (Å²) in [5, 5.41) is 37.9. The normalized spacial score (nSPS) is 39.0. The quantitative estimate of drug-likeness (QED) is 0.220. The number of likely N-dealkylation sites (N-methyl/N-ethyl adjacent to an activating group) is 1. The maximum Gasteiger partial charge on any atom is 0.322 e. The van der Waals surface area contributed by atoms with Crippen molar-refractivity contribution in [2.75, 3.05) is 58.9 Å². The highest BCUT2D eigenvalue weighted by molar-refractivity contribution is 5.96. The number of hydrogen-bond acceptors (Lipinski definition) is 10. The molecule has 2 saturated heterocycles. The summed E-state index contributed by atoms with van der Waals surface area (Å²) in [4.78, 5) is 39.2. The van der Waals surface area contributed by atoms with Crippen LogP contribution in [-0.2, 0) is 31.6 Å². The summed E-state index contributed by atoms with van der Waals surface area (Å²) >= 11 is 0. The van der Waals surface area contributed by atoms with Gasteiger partial charge >= 0.3 is 5.97 Å². The summed E-state index contributed by atoms with van der Waals surface area (Å²) in [6.45, 7) is 13.4. The van der Waals surface area contributed by atoms with Gasteiger partial charge in [-0.25, -0.2) is 0 Å². The molecule has 10 atom stereocenters. The number of methoxy groups -OCH3 is 2. The number of aromatic amines is 1. The topological polar surface area (TPSA) is 139 Å². The number of aromatic nitrogens is 1. The first kappa shape index (κ1) is 36.9.